The third-order valence-corrected chi connectivity index (χ3v) is 6.45. The van der Waals surface area contributed by atoms with Crippen molar-refractivity contribution < 1.29 is 4.79 Å². The number of nitrogens with zero attached hydrogens (tertiary/aromatic N) is 8. The number of aryl methyl sites for hydroxylation is 2. The fourth-order valence-corrected chi connectivity index (χ4v) is 4.62. The van der Waals surface area contributed by atoms with Crippen LogP contribution in [0.5, 0.6) is 0 Å². The average Bonchev–Trinajstić information content (AvgIpc) is 3.30. The lowest BCUT2D eigenvalue weighted by Crippen LogP contribution is -2.44. The normalized spacial score (nSPS) is 17.7. The minimum atomic E-state index is 0.0346. The van der Waals surface area contributed by atoms with Crippen LogP contribution < -0.4 is 5.32 Å². The van der Waals surface area contributed by atoms with E-state index < -0.39 is 0 Å². The van der Waals surface area contributed by atoms with Gasteiger partial charge in [0.05, 0.1) is 23.8 Å². The fourth-order valence-electron chi connectivity index (χ4n) is 4.62. The highest BCUT2D eigenvalue weighted by molar-refractivity contribution is 5.74. The SMILES string of the molecule is CC(=O)N1C[C@H](c2nc(Nc3cc(C)nc(-c4cnn(C)c4)c3)cc(-c3cnccn3)n2)CC[C@@H]1C. The van der Waals surface area contributed by atoms with E-state index in [0.29, 0.717) is 29.6 Å². The lowest BCUT2D eigenvalue weighted by Gasteiger charge is -2.37. The molecule has 1 amide bonds. The number of amides is 1. The minimum absolute atomic E-state index is 0.0346. The first-order chi connectivity index (χ1) is 17.4. The Labute approximate surface area is 209 Å². The first kappa shape index (κ1) is 23.5. The summed E-state index contributed by atoms with van der Waals surface area (Å²) in [4.78, 5) is 37.2. The molecule has 0 aromatic carbocycles. The van der Waals surface area contributed by atoms with Gasteiger partial charge in [0.25, 0.3) is 0 Å². The van der Waals surface area contributed by atoms with Crippen LogP contribution in [-0.2, 0) is 11.8 Å². The monoisotopic (exact) mass is 483 g/mol. The van der Waals surface area contributed by atoms with E-state index in [-0.39, 0.29) is 17.9 Å². The maximum Gasteiger partial charge on any atom is 0.219 e. The molecule has 0 radical (unpaired) electrons. The minimum Gasteiger partial charge on any atom is -0.340 e. The van der Waals surface area contributed by atoms with Crippen molar-refractivity contribution in [2.45, 2.75) is 45.6 Å². The van der Waals surface area contributed by atoms with Crippen molar-refractivity contribution in [2.75, 3.05) is 11.9 Å². The Morgan fingerprint density at radius 3 is 2.61 bits per heavy atom. The second-order valence-corrected chi connectivity index (χ2v) is 9.29. The number of aromatic nitrogens is 7. The highest BCUT2D eigenvalue weighted by Crippen LogP contribution is 2.31. The lowest BCUT2D eigenvalue weighted by molar-refractivity contribution is -0.132. The van der Waals surface area contributed by atoms with Crippen LogP contribution in [0.2, 0.25) is 0 Å². The van der Waals surface area contributed by atoms with E-state index in [1.54, 1.807) is 36.4 Å². The van der Waals surface area contributed by atoms with Gasteiger partial charge in [0.1, 0.15) is 17.3 Å². The number of carbonyl (C=O) groups is 1. The Balaban J connectivity index is 1.52. The standard InChI is InChI=1S/C26H29N9O/c1-16-9-21(10-22(30-16)20-12-29-34(4)14-20)31-25-11-23(24-13-27-7-8-28-24)32-26(33-25)19-6-5-17(2)35(15-19)18(3)36/h7-14,17,19H,5-6,15H2,1-4H3,(H,30,31,32,33)/t17-,19+/m0/s1. The molecule has 1 saturated heterocycles. The molecule has 4 aromatic heterocycles. The predicted molar refractivity (Wildman–Crippen MR) is 136 cm³/mol. The molecule has 5 heterocycles. The fraction of sp³-hybridized carbons (Fsp3) is 0.346. The van der Waals surface area contributed by atoms with Crippen molar-refractivity contribution in [3.05, 3.63) is 60.7 Å². The summed E-state index contributed by atoms with van der Waals surface area (Å²) in [6.45, 7) is 6.27. The van der Waals surface area contributed by atoms with E-state index >= 15 is 0 Å². The molecule has 0 saturated carbocycles. The van der Waals surface area contributed by atoms with E-state index in [2.05, 4.69) is 32.3 Å². The zero-order chi connectivity index (χ0) is 25.2. The molecule has 2 atom stereocenters. The maximum absolute atomic E-state index is 12.2. The summed E-state index contributed by atoms with van der Waals surface area (Å²) in [5.41, 5.74) is 4.85. The second-order valence-electron chi connectivity index (χ2n) is 9.29. The summed E-state index contributed by atoms with van der Waals surface area (Å²) in [6, 6.07) is 6.04. The van der Waals surface area contributed by atoms with Gasteiger partial charge in [0.15, 0.2) is 0 Å². The molecule has 0 aliphatic carbocycles. The molecule has 184 valence electrons. The number of hydrogen-bond acceptors (Lipinski definition) is 8. The summed E-state index contributed by atoms with van der Waals surface area (Å²) in [7, 11) is 1.88. The van der Waals surface area contributed by atoms with Gasteiger partial charge in [-0.2, -0.15) is 5.10 Å². The Morgan fingerprint density at radius 2 is 1.89 bits per heavy atom. The number of rotatable bonds is 5. The molecule has 10 nitrogen and oxygen atoms in total. The zero-order valence-corrected chi connectivity index (χ0v) is 20.9. The van der Waals surface area contributed by atoms with Crippen LogP contribution in [0.3, 0.4) is 0 Å². The molecule has 10 heteroatoms. The van der Waals surface area contributed by atoms with Gasteiger partial charge >= 0.3 is 0 Å². The van der Waals surface area contributed by atoms with Crippen molar-refractivity contribution in [1.82, 2.24) is 39.6 Å². The van der Waals surface area contributed by atoms with Crippen LogP contribution in [0.1, 0.15) is 44.1 Å². The third kappa shape index (κ3) is 5.07. The predicted octanol–water partition coefficient (Wildman–Crippen LogP) is 3.90. The first-order valence-corrected chi connectivity index (χ1v) is 12.0. The highest BCUT2D eigenvalue weighted by atomic mass is 16.2. The zero-order valence-electron chi connectivity index (χ0n) is 20.9. The van der Waals surface area contributed by atoms with Gasteiger partial charge < -0.3 is 10.2 Å². The Morgan fingerprint density at radius 1 is 1.03 bits per heavy atom. The number of hydrogen-bond donors (Lipinski definition) is 1. The highest BCUT2D eigenvalue weighted by Gasteiger charge is 2.30. The van der Waals surface area contributed by atoms with Crippen LogP contribution in [0.4, 0.5) is 11.5 Å². The number of likely N-dealkylation sites (tertiary alicyclic amines) is 1. The number of carbonyl (C=O) groups excluding carboxylic acids is 1. The Bertz CT molecular complexity index is 1390. The van der Waals surface area contributed by atoms with Crippen molar-refractivity contribution in [3.63, 3.8) is 0 Å². The molecule has 0 unspecified atom stereocenters. The first-order valence-electron chi connectivity index (χ1n) is 12.0. The van der Waals surface area contributed by atoms with E-state index in [0.717, 1.165) is 35.5 Å². The molecule has 4 aromatic rings. The average molecular weight is 484 g/mol. The summed E-state index contributed by atoms with van der Waals surface area (Å²) in [5.74, 6) is 1.45. The topological polar surface area (TPSA) is 115 Å². The summed E-state index contributed by atoms with van der Waals surface area (Å²) in [5, 5.41) is 7.71. The molecule has 0 spiro atoms. The maximum atomic E-state index is 12.2. The number of nitrogens with one attached hydrogen (secondary N) is 1. The lowest BCUT2D eigenvalue weighted by atomic mass is 9.92. The van der Waals surface area contributed by atoms with E-state index in [1.807, 2.05) is 43.3 Å². The molecule has 5 rings (SSSR count). The van der Waals surface area contributed by atoms with Crippen LogP contribution in [0.25, 0.3) is 22.6 Å². The van der Waals surface area contributed by atoms with Gasteiger partial charge in [-0.05, 0) is 38.8 Å². The van der Waals surface area contributed by atoms with Crippen molar-refractivity contribution >= 4 is 17.4 Å². The Kier molecular flexibility index (Phi) is 6.41. The van der Waals surface area contributed by atoms with E-state index in [4.69, 9.17) is 9.97 Å². The Hall–Kier alpha value is -4.21. The largest absolute Gasteiger partial charge is 0.340 e. The van der Waals surface area contributed by atoms with Gasteiger partial charge in [-0.15, -0.1) is 0 Å². The van der Waals surface area contributed by atoms with Crippen LogP contribution in [0, 0.1) is 6.92 Å². The van der Waals surface area contributed by atoms with Gasteiger partial charge in [-0.3, -0.25) is 24.4 Å². The number of pyridine rings is 1. The molecular formula is C26H29N9O. The number of piperidine rings is 1. The van der Waals surface area contributed by atoms with Crippen LogP contribution in [-0.4, -0.2) is 58.1 Å². The van der Waals surface area contributed by atoms with Gasteiger partial charge in [-0.25, -0.2) is 9.97 Å². The van der Waals surface area contributed by atoms with Crippen molar-refractivity contribution in [3.8, 4) is 22.6 Å². The quantitative estimate of drug-likeness (QED) is 0.455. The molecule has 1 fully saturated rings. The van der Waals surface area contributed by atoms with Crippen molar-refractivity contribution in [2.24, 2.45) is 7.05 Å². The van der Waals surface area contributed by atoms with Gasteiger partial charge in [-0.1, -0.05) is 0 Å². The third-order valence-electron chi connectivity index (χ3n) is 6.45. The molecular weight excluding hydrogens is 454 g/mol. The summed E-state index contributed by atoms with van der Waals surface area (Å²) >= 11 is 0. The van der Waals surface area contributed by atoms with Crippen molar-refractivity contribution in [1.29, 1.82) is 0 Å². The molecule has 1 aliphatic rings. The van der Waals surface area contributed by atoms with Gasteiger partial charge in [0.2, 0.25) is 5.91 Å². The molecule has 1 N–H and O–H groups in total. The smallest absolute Gasteiger partial charge is 0.219 e. The summed E-state index contributed by atoms with van der Waals surface area (Å²) < 4.78 is 1.76. The van der Waals surface area contributed by atoms with E-state index in [9.17, 15) is 4.79 Å². The van der Waals surface area contributed by atoms with Gasteiger partial charge in [0, 0.05) is 74.1 Å². The molecule has 0 bridgehead atoms. The summed E-state index contributed by atoms with van der Waals surface area (Å²) in [6.07, 6.45) is 10.5. The molecule has 1 aliphatic heterocycles. The van der Waals surface area contributed by atoms with Crippen LogP contribution in [0.15, 0.2) is 49.2 Å². The van der Waals surface area contributed by atoms with E-state index in [1.165, 1.54) is 0 Å². The number of anilines is 2. The van der Waals surface area contributed by atoms with Crippen LogP contribution >= 0.6 is 0 Å². The second kappa shape index (κ2) is 9.80. The molecule has 36 heavy (non-hydrogen) atoms.